The van der Waals surface area contributed by atoms with Crippen LogP contribution < -0.4 is 11.5 Å². The Morgan fingerprint density at radius 3 is 2.33 bits per heavy atom. The molecule has 8 heteroatoms. The number of rotatable bonds is 2. The summed E-state index contributed by atoms with van der Waals surface area (Å²) in [6, 6.07) is 10.4. The molecule has 4 aromatic rings. The predicted octanol–water partition coefficient (Wildman–Crippen LogP) is 4.82. The van der Waals surface area contributed by atoms with Crippen molar-refractivity contribution in [3.8, 4) is 11.1 Å². The summed E-state index contributed by atoms with van der Waals surface area (Å²) in [7, 11) is 0. The average molecular weight is 387 g/mol. The number of anilines is 1. The second-order valence-corrected chi connectivity index (χ2v) is 7.07. The molecule has 4 N–H and O–H groups in total. The Morgan fingerprint density at radius 1 is 1.04 bits per heavy atom. The summed E-state index contributed by atoms with van der Waals surface area (Å²) in [4.78, 5) is 15.7. The maximum atomic E-state index is 12.7. The number of nitrogens with two attached hydrogens (primary N) is 2. The second kappa shape index (κ2) is 5.95. The molecule has 4 rings (SSSR count). The number of pyridine rings is 1. The van der Waals surface area contributed by atoms with Crippen molar-refractivity contribution in [1.29, 1.82) is 0 Å². The van der Waals surface area contributed by atoms with E-state index in [9.17, 15) is 18.0 Å². The molecule has 4 nitrogen and oxygen atoms in total. The van der Waals surface area contributed by atoms with E-state index < -0.39 is 17.6 Å². The Kier molecular flexibility index (Phi) is 3.81. The van der Waals surface area contributed by atoms with Gasteiger partial charge in [-0.05, 0) is 29.3 Å². The first kappa shape index (κ1) is 17.3. The summed E-state index contributed by atoms with van der Waals surface area (Å²) >= 11 is 1.35. The Balaban J connectivity index is 1.88. The molecule has 0 aliphatic heterocycles. The maximum absolute atomic E-state index is 12.7. The van der Waals surface area contributed by atoms with Gasteiger partial charge in [0, 0.05) is 21.7 Å². The van der Waals surface area contributed by atoms with E-state index in [0.29, 0.717) is 21.5 Å². The summed E-state index contributed by atoms with van der Waals surface area (Å²) < 4.78 is 39.7. The molecular weight excluding hydrogens is 375 g/mol. The van der Waals surface area contributed by atoms with Crippen molar-refractivity contribution < 1.29 is 18.0 Å². The number of alkyl halides is 3. The van der Waals surface area contributed by atoms with Crippen LogP contribution in [-0.4, -0.2) is 10.9 Å². The van der Waals surface area contributed by atoms with Gasteiger partial charge in [0.1, 0.15) is 5.82 Å². The van der Waals surface area contributed by atoms with Gasteiger partial charge in [0.05, 0.1) is 15.8 Å². The van der Waals surface area contributed by atoms with Crippen LogP contribution in [0.1, 0.15) is 15.9 Å². The molecule has 0 aliphatic rings. The fourth-order valence-corrected chi connectivity index (χ4v) is 4.27. The van der Waals surface area contributed by atoms with Crippen LogP contribution in [0.3, 0.4) is 0 Å². The molecule has 136 valence electrons. The standard InChI is InChI=1S/C19H12F3N3OS/c20-19(21,22)11-4-1-9(2-5-11)10-3-6-12-14(7-10)27-16-13(18(24)26)8-25-17(23)15(12)16/h1-8H,(H2,23,25)(H2,24,26). The molecule has 0 atom stereocenters. The number of primary amides is 1. The number of carbonyl (C=O) groups is 1. The van der Waals surface area contributed by atoms with Gasteiger partial charge in [-0.15, -0.1) is 11.3 Å². The number of halogens is 3. The summed E-state index contributed by atoms with van der Waals surface area (Å²) in [5, 5.41) is 1.48. The number of benzene rings is 2. The van der Waals surface area contributed by atoms with Crippen molar-refractivity contribution in [2.45, 2.75) is 6.18 Å². The second-order valence-electron chi connectivity index (χ2n) is 6.01. The minimum atomic E-state index is -4.37. The fraction of sp³-hybridized carbons (Fsp3) is 0.0526. The Labute approximate surface area is 155 Å². The molecule has 0 radical (unpaired) electrons. The molecule has 0 bridgehead atoms. The Hall–Kier alpha value is -3.13. The highest BCUT2D eigenvalue weighted by Gasteiger charge is 2.30. The molecule has 0 saturated heterocycles. The highest BCUT2D eigenvalue weighted by atomic mass is 32.1. The summed E-state index contributed by atoms with van der Waals surface area (Å²) in [5.74, 6) is -0.300. The SMILES string of the molecule is NC(=O)c1cnc(N)c2c1sc1cc(-c3ccc(C(F)(F)F)cc3)ccc12. The normalized spacial score (nSPS) is 12.0. The van der Waals surface area contributed by atoms with Crippen LogP contribution in [0.15, 0.2) is 48.7 Å². The lowest BCUT2D eigenvalue weighted by Gasteiger charge is -2.08. The number of hydrogen-bond donors (Lipinski definition) is 2. The van der Waals surface area contributed by atoms with Crippen LogP contribution in [0.4, 0.5) is 19.0 Å². The number of carbonyl (C=O) groups excluding carboxylic acids is 1. The molecular formula is C19H12F3N3OS. The maximum Gasteiger partial charge on any atom is 0.416 e. The van der Waals surface area contributed by atoms with Crippen molar-refractivity contribution in [2.75, 3.05) is 5.73 Å². The fourth-order valence-electron chi connectivity index (χ4n) is 3.00. The van der Waals surface area contributed by atoms with Crippen molar-refractivity contribution >= 4 is 43.2 Å². The third-order valence-electron chi connectivity index (χ3n) is 4.33. The lowest BCUT2D eigenvalue weighted by atomic mass is 10.0. The highest BCUT2D eigenvalue weighted by Crippen LogP contribution is 2.40. The zero-order valence-electron chi connectivity index (χ0n) is 13.7. The van der Waals surface area contributed by atoms with E-state index >= 15 is 0 Å². The van der Waals surface area contributed by atoms with Gasteiger partial charge in [-0.3, -0.25) is 4.79 Å². The van der Waals surface area contributed by atoms with Gasteiger partial charge in [0.25, 0.3) is 5.91 Å². The van der Waals surface area contributed by atoms with Gasteiger partial charge in [0.15, 0.2) is 0 Å². The van der Waals surface area contributed by atoms with Gasteiger partial charge < -0.3 is 11.5 Å². The van der Waals surface area contributed by atoms with Crippen molar-refractivity contribution in [3.05, 3.63) is 59.8 Å². The number of aromatic nitrogens is 1. The van der Waals surface area contributed by atoms with Crippen LogP contribution in [0, 0.1) is 0 Å². The summed E-state index contributed by atoms with van der Waals surface area (Å²) in [6.45, 7) is 0. The minimum absolute atomic E-state index is 0.288. The molecule has 0 fully saturated rings. The van der Waals surface area contributed by atoms with Crippen molar-refractivity contribution in [1.82, 2.24) is 4.98 Å². The van der Waals surface area contributed by atoms with E-state index in [-0.39, 0.29) is 5.56 Å². The number of thiophene rings is 1. The lowest BCUT2D eigenvalue weighted by Crippen LogP contribution is -2.11. The molecule has 0 aliphatic carbocycles. The van der Waals surface area contributed by atoms with Crippen molar-refractivity contribution in [3.63, 3.8) is 0 Å². The van der Waals surface area contributed by atoms with Crippen LogP contribution in [0.25, 0.3) is 31.3 Å². The topological polar surface area (TPSA) is 82.0 Å². The number of amides is 1. The molecule has 1 amide bonds. The van der Waals surface area contributed by atoms with Crippen molar-refractivity contribution in [2.24, 2.45) is 5.73 Å². The quantitative estimate of drug-likeness (QED) is 0.517. The third kappa shape index (κ3) is 2.87. The molecule has 0 spiro atoms. The van der Waals surface area contributed by atoms with Gasteiger partial charge >= 0.3 is 6.18 Å². The zero-order valence-corrected chi connectivity index (χ0v) is 14.5. The predicted molar refractivity (Wildman–Crippen MR) is 100 cm³/mol. The zero-order chi connectivity index (χ0) is 19.3. The summed E-state index contributed by atoms with van der Waals surface area (Å²) in [6.07, 6.45) is -3.02. The number of nitrogen functional groups attached to an aromatic ring is 1. The first-order valence-corrected chi connectivity index (χ1v) is 8.65. The van der Waals surface area contributed by atoms with Gasteiger partial charge in [-0.2, -0.15) is 13.2 Å². The monoisotopic (exact) mass is 387 g/mol. The molecule has 2 heterocycles. The smallest absolute Gasteiger partial charge is 0.383 e. The number of fused-ring (bicyclic) bond motifs is 3. The summed E-state index contributed by atoms with van der Waals surface area (Å²) in [5.41, 5.74) is 12.4. The number of nitrogens with zero attached hydrogens (tertiary/aromatic N) is 1. The van der Waals surface area contributed by atoms with Gasteiger partial charge in [-0.1, -0.05) is 24.3 Å². The highest BCUT2D eigenvalue weighted by molar-refractivity contribution is 7.26. The van der Waals surface area contributed by atoms with Crippen LogP contribution in [0.5, 0.6) is 0 Å². The first-order chi connectivity index (χ1) is 12.8. The Bertz CT molecular complexity index is 1200. The molecule has 0 saturated carbocycles. The molecule has 2 aromatic heterocycles. The molecule has 0 unspecified atom stereocenters. The van der Waals surface area contributed by atoms with Gasteiger partial charge in [-0.25, -0.2) is 4.98 Å². The van der Waals surface area contributed by atoms with E-state index in [1.54, 1.807) is 6.07 Å². The lowest BCUT2D eigenvalue weighted by molar-refractivity contribution is -0.137. The largest absolute Gasteiger partial charge is 0.416 e. The third-order valence-corrected chi connectivity index (χ3v) is 5.52. The van der Waals surface area contributed by atoms with E-state index in [0.717, 1.165) is 27.8 Å². The Morgan fingerprint density at radius 2 is 1.70 bits per heavy atom. The van der Waals surface area contributed by atoms with Gasteiger partial charge in [0.2, 0.25) is 0 Å². The average Bonchev–Trinajstić information content (AvgIpc) is 3.00. The van der Waals surface area contributed by atoms with Crippen LogP contribution in [0.2, 0.25) is 0 Å². The van der Waals surface area contributed by atoms with E-state index in [4.69, 9.17) is 11.5 Å². The number of hydrogen-bond acceptors (Lipinski definition) is 4. The minimum Gasteiger partial charge on any atom is -0.383 e. The molecule has 27 heavy (non-hydrogen) atoms. The van der Waals surface area contributed by atoms with Crippen LogP contribution >= 0.6 is 11.3 Å². The van der Waals surface area contributed by atoms with E-state index in [1.807, 2.05) is 12.1 Å². The molecule has 2 aromatic carbocycles. The first-order valence-electron chi connectivity index (χ1n) is 7.84. The van der Waals surface area contributed by atoms with E-state index in [2.05, 4.69) is 4.98 Å². The van der Waals surface area contributed by atoms with E-state index in [1.165, 1.54) is 29.7 Å². The van der Waals surface area contributed by atoms with Crippen LogP contribution in [-0.2, 0) is 6.18 Å².